The lowest BCUT2D eigenvalue weighted by atomic mass is 9.90. The van der Waals surface area contributed by atoms with Gasteiger partial charge in [-0.15, -0.1) is 5.10 Å². The van der Waals surface area contributed by atoms with Crippen LogP contribution in [0.25, 0.3) is 0 Å². The molecule has 0 spiro atoms. The normalized spacial score (nSPS) is 17.6. The minimum Gasteiger partial charge on any atom is -0.481 e. The summed E-state index contributed by atoms with van der Waals surface area (Å²) in [5.41, 5.74) is 2.81. The fourth-order valence-electron chi connectivity index (χ4n) is 2.64. The number of hydrogen-bond donors (Lipinski definition) is 1. The van der Waals surface area contributed by atoms with E-state index in [2.05, 4.69) is 30.4 Å². The Labute approximate surface area is 134 Å². The highest BCUT2D eigenvalue weighted by molar-refractivity contribution is 9.10. The van der Waals surface area contributed by atoms with E-state index in [0.717, 1.165) is 39.4 Å². The van der Waals surface area contributed by atoms with Gasteiger partial charge in [0.1, 0.15) is 0 Å². The van der Waals surface area contributed by atoms with Crippen molar-refractivity contribution in [1.29, 1.82) is 0 Å². The fourth-order valence-corrected chi connectivity index (χ4v) is 3.67. The Balaban J connectivity index is 1.96. The Kier molecular flexibility index (Phi) is 3.95. The summed E-state index contributed by atoms with van der Waals surface area (Å²) in [7, 11) is 0. The molecule has 1 unspecified atom stereocenters. The van der Waals surface area contributed by atoms with Crippen LogP contribution in [0.4, 0.5) is 5.69 Å². The highest BCUT2D eigenvalue weighted by Crippen LogP contribution is 2.38. The van der Waals surface area contributed by atoms with E-state index < -0.39 is 11.9 Å². The van der Waals surface area contributed by atoms with E-state index in [1.54, 1.807) is 0 Å². The van der Waals surface area contributed by atoms with Crippen LogP contribution in [0.15, 0.2) is 22.7 Å². The zero-order valence-electron chi connectivity index (χ0n) is 11.4. The van der Waals surface area contributed by atoms with Gasteiger partial charge in [0.15, 0.2) is 0 Å². The van der Waals surface area contributed by atoms with Crippen LogP contribution in [-0.2, 0) is 11.3 Å². The van der Waals surface area contributed by atoms with Crippen molar-refractivity contribution < 1.29 is 9.90 Å². The largest absolute Gasteiger partial charge is 0.481 e. The SMILES string of the molecule is Cc1nnsc1CN1CCC(C(=O)O)c2cc(Br)ccc21. The topological polar surface area (TPSA) is 66.3 Å². The molecule has 1 N–H and O–H groups in total. The average Bonchev–Trinajstić information content (AvgIpc) is 2.84. The first kappa shape index (κ1) is 14.5. The number of fused-ring (bicyclic) bond motifs is 1. The molecule has 5 nitrogen and oxygen atoms in total. The van der Waals surface area contributed by atoms with Crippen LogP contribution in [0, 0.1) is 6.92 Å². The molecule has 0 radical (unpaired) electrons. The van der Waals surface area contributed by atoms with Crippen molar-refractivity contribution in [3.8, 4) is 0 Å². The molecule has 1 aromatic heterocycles. The predicted molar refractivity (Wildman–Crippen MR) is 84.8 cm³/mol. The number of rotatable bonds is 3. The zero-order valence-corrected chi connectivity index (χ0v) is 13.8. The molecule has 21 heavy (non-hydrogen) atoms. The third kappa shape index (κ3) is 2.80. The molecule has 110 valence electrons. The molecule has 1 aliphatic heterocycles. The summed E-state index contributed by atoms with van der Waals surface area (Å²) < 4.78 is 4.87. The van der Waals surface area contributed by atoms with Crippen LogP contribution in [-0.4, -0.2) is 27.2 Å². The molecule has 2 aromatic rings. The second kappa shape index (κ2) is 5.73. The van der Waals surface area contributed by atoms with Gasteiger partial charge in [0.2, 0.25) is 0 Å². The van der Waals surface area contributed by atoms with Crippen molar-refractivity contribution in [2.45, 2.75) is 25.8 Å². The molecule has 0 saturated heterocycles. The van der Waals surface area contributed by atoms with Crippen molar-refractivity contribution in [2.75, 3.05) is 11.4 Å². The van der Waals surface area contributed by atoms with Gasteiger partial charge in [-0.3, -0.25) is 4.79 Å². The van der Waals surface area contributed by atoms with Crippen LogP contribution in [0.3, 0.4) is 0 Å². The number of aromatic nitrogens is 2. The summed E-state index contributed by atoms with van der Waals surface area (Å²) in [5.74, 6) is -1.20. The first-order valence-corrected chi connectivity index (χ1v) is 8.18. The fraction of sp³-hybridized carbons (Fsp3) is 0.357. The summed E-state index contributed by atoms with van der Waals surface area (Å²) >= 11 is 4.83. The highest BCUT2D eigenvalue weighted by atomic mass is 79.9. The lowest BCUT2D eigenvalue weighted by molar-refractivity contribution is -0.139. The number of benzene rings is 1. The number of anilines is 1. The van der Waals surface area contributed by atoms with E-state index in [4.69, 9.17) is 0 Å². The molecule has 0 bridgehead atoms. The van der Waals surface area contributed by atoms with Crippen LogP contribution < -0.4 is 4.90 Å². The van der Waals surface area contributed by atoms with Gasteiger partial charge < -0.3 is 10.0 Å². The van der Waals surface area contributed by atoms with Gasteiger partial charge in [-0.2, -0.15) is 0 Å². The van der Waals surface area contributed by atoms with Gasteiger partial charge in [-0.1, -0.05) is 20.4 Å². The van der Waals surface area contributed by atoms with Gasteiger partial charge in [-0.05, 0) is 48.6 Å². The Morgan fingerprint density at radius 3 is 3.05 bits per heavy atom. The van der Waals surface area contributed by atoms with Crippen molar-refractivity contribution in [3.05, 3.63) is 38.8 Å². The molecule has 0 saturated carbocycles. The summed E-state index contributed by atoms with van der Waals surface area (Å²) in [6.07, 6.45) is 0.615. The Bertz CT molecular complexity index is 689. The summed E-state index contributed by atoms with van der Waals surface area (Å²) in [4.78, 5) is 14.8. The summed E-state index contributed by atoms with van der Waals surface area (Å²) in [6.45, 7) is 3.40. The van der Waals surface area contributed by atoms with Crippen LogP contribution >= 0.6 is 27.5 Å². The zero-order chi connectivity index (χ0) is 15.0. The second-order valence-electron chi connectivity index (χ2n) is 5.09. The number of carboxylic acid groups (broad SMARTS) is 1. The highest BCUT2D eigenvalue weighted by Gasteiger charge is 2.30. The molecule has 3 rings (SSSR count). The maximum atomic E-state index is 11.5. The van der Waals surface area contributed by atoms with Crippen LogP contribution in [0.2, 0.25) is 0 Å². The van der Waals surface area contributed by atoms with Crippen LogP contribution in [0.1, 0.15) is 28.5 Å². The molecule has 2 heterocycles. The van der Waals surface area contributed by atoms with Crippen molar-refractivity contribution in [3.63, 3.8) is 0 Å². The third-order valence-corrected chi connectivity index (χ3v) is 5.07. The van der Waals surface area contributed by atoms with Crippen molar-refractivity contribution in [1.82, 2.24) is 9.59 Å². The molecular weight excluding hydrogens is 354 g/mol. The summed E-state index contributed by atoms with van der Waals surface area (Å²) in [5, 5.41) is 13.4. The summed E-state index contributed by atoms with van der Waals surface area (Å²) in [6, 6.07) is 5.85. The number of hydrogen-bond acceptors (Lipinski definition) is 5. The monoisotopic (exact) mass is 367 g/mol. The molecule has 0 aliphatic carbocycles. The average molecular weight is 368 g/mol. The van der Waals surface area contributed by atoms with E-state index in [9.17, 15) is 9.90 Å². The predicted octanol–water partition coefficient (Wildman–Crippen LogP) is 3.19. The van der Waals surface area contributed by atoms with Crippen LogP contribution in [0.5, 0.6) is 0 Å². The number of carbonyl (C=O) groups is 1. The number of aryl methyl sites for hydroxylation is 1. The molecule has 0 fully saturated rings. The van der Waals surface area contributed by atoms with E-state index in [1.807, 2.05) is 25.1 Å². The van der Waals surface area contributed by atoms with E-state index in [-0.39, 0.29) is 0 Å². The smallest absolute Gasteiger partial charge is 0.311 e. The molecule has 1 atom stereocenters. The maximum Gasteiger partial charge on any atom is 0.311 e. The first-order valence-electron chi connectivity index (χ1n) is 6.61. The Morgan fingerprint density at radius 2 is 2.38 bits per heavy atom. The molecule has 1 aliphatic rings. The van der Waals surface area contributed by atoms with E-state index in [1.165, 1.54) is 11.5 Å². The van der Waals surface area contributed by atoms with Gasteiger partial charge in [0.05, 0.1) is 23.0 Å². The number of aliphatic carboxylic acids is 1. The van der Waals surface area contributed by atoms with E-state index >= 15 is 0 Å². The van der Waals surface area contributed by atoms with Crippen molar-refractivity contribution >= 4 is 39.1 Å². The van der Waals surface area contributed by atoms with Gasteiger partial charge >= 0.3 is 5.97 Å². The van der Waals surface area contributed by atoms with Gasteiger partial charge in [-0.25, -0.2) is 0 Å². The lowest BCUT2D eigenvalue weighted by Crippen LogP contribution is -2.33. The number of carboxylic acids is 1. The van der Waals surface area contributed by atoms with E-state index in [0.29, 0.717) is 6.42 Å². The Hall–Kier alpha value is -1.47. The number of nitrogens with zero attached hydrogens (tertiary/aromatic N) is 3. The quantitative estimate of drug-likeness (QED) is 0.902. The molecule has 0 amide bonds. The molecule has 7 heteroatoms. The van der Waals surface area contributed by atoms with Gasteiger partial charge in [0, 0.05) is 16.7 Å². The minimum absolute atomic E-state index is 0.436. The minimum atomic E-state index is -0.760. The first-order chi connectivity index (χ1) is 10.1. The standard InChI is InChI=1S/C14H14BrN3O2S/c1-8-13(21-17-16-8)7-18-5-4-10(14(19)20)11-6-9(15)2-3-12(11)18/h2-3,6,10H,4-5,7H2,1H3,(H,19,20). The lowest BCUT2D eigenvalue weighted by Gasteiger charge is -2.34. The molecule has 1 aromatic carbocycles. The van der Waals surface area contributed by atoms with Gasteiger partial charge in [0.25, 0.3) is 0 Å². The Morgan fingerprint density at radius 1 is 1.57 bits per heavy atom. The number of halogens is 1. The third-order valence-electron chi connectivity index (χ3n) is 3.77. The van der Waals surface area contributed by atoms with Crippen molar-refractivity contribution in [2.24, 2.45) is 0 Å². The molecular formula is C14H14BrN3O2S. The maximum absolute atomic E-state index is 11.5. The second-order valence-corrected chi connectivity index (χ2v) is 6.84.